The van der Waals surface area contributed by atoms with Crippen molar-refractivity contribution < 1.29 is 18.0 Å². The summed E-state index contributed by atoms with van der Waals surface area (Å²) in [6, 6.07) is 9.25. The van der Waals surface area contributed by atoms with Crippen LogP contribution < -0.4 is 4.52 Å². The molecule has 0 fully saturated rings. The molecule has 4 nitrogen and oxygen atoms in total. The molecule has 0 saturated carbocycles. The zero-order valence-electron chi connectivity index (χ0n) is 28.6. The maximum absolute atomic E-state index is 10.6. The molecule has 0 bridgehead atoms. The van der Waals surface area contributed by atoms with Crippen LogP contribution in [0.5, 0.6) is 0 Å². The quantitative estimate of drug-likeness (QED) is 0.303. The monoisotopic (exact) mass is 584 g/mol. The molecule has 0 spiro atoms. The third kappa shape index (κ3) is 8.01. The average molecular weight is 585 g/mol. The van der Waals surface area contributed by atoms with E-state index in [1.54, 1.807) is 0 Å². The molecule has 0 aliphatic carbocycles. The normalized spacial score (nSPS) is 14.6. The van der Waals surface area contributed by atoms with E-state index in [-0.39, 0.29) is 33.2 Å². The van der Waals surface area contributed by atoms with Crippen LogP contribution in [0.4, 0.5) is 0 Å². The van der Waals surface area contributed by atoms with Crippen molar-refractivity contribution in [1.29, 1.82) is 0 Å². The molecule has 3 rings (SSSR count). The van der Waals surface area contributed by atoms with Gasteiger partial charge in [-0.2, -0.15) is 0 Å². The van der Waals surface area contributed by atoms with Crippen molar-refractivity contribution in [1.82, 2.24) is 0 Å². The summed E-state index contributed by atoms with van der Waals surface area (Å²) in [4.78, 5) is 0. The molecular formula is C36H57O4P. The van der Waals surface area contributed by atoms with Crippen molar-refractivity contribution >= 4 is 30.2 Å². The first-order chi connectivity index (χ1) is 18.4. The van der Waals surface area contributed by atoms with Gasteiger partial charge in [0.05, 0.1) is 12.7 Å². The highest BCUT2D eigenvalue weighted by atomic mass is 31.1. The van der Waals surface area contributed by atoms with E-state index < -0.39 is 8.24 Å². The molecule has 0 saturated heterocycles. The van der Waals surface area contributed by atoms with Gasteiger partial charge in [0.1, 0.15) is 11.2 Å². The van der Waals surface area contributed by atoms with Gasteiger partial charge in [0.2, 0.25) is 0 Å². The first-order valence-corrected chi connectivity index (χ1v) is 16.4. The van der Waals surface area contributed by atoms with Gasteiger partial charge in [-0.3, -0.25) is 4.52 Å². The minimum atomic E-state index is -1.71. The standard InChI is InChI=1S/C36H57O4P/c1-32(2,3)23-19-25-26-20-24(33(4,5)6)22-28(35(10,11)12)31(26)40-41(38-18-16-17-29(37)36(13,14)15)39-30(25)27(21-23)34(7,8)9/h19-22,29,37H,16-18H2,1-15H3. The fraction of sp³-hybridized carbons (Fsp3) is 0.667. The van der Waals surface area contributed by atoms with E-state index in [4.69, 9.17) is 12.9 Å². The summed E-state index contributed by atoms with van der Waals surface area (Å²) in [5.74, 6) is 0. The predicted octanol–water partition coefficient (Wildman–Crippen LogP) is 11.1. The van der Waals surface area contributed by atoms with Crippen LogP contribution in [0.15, 0.2) is 32.7 Å². The van der Waals surface area contributed by atoms with E-state index >= 15 is 0 Å². The molecule has 0 aliphatic rings. The van der Waals surface area contributed by atoms with Crippen molar-refractivity contribution in [2.75, 3.05) is 6.61 Å². The predicted molar refractivity (Wildman–Crippen MR) is 177 cm³/mol. The van der Waals surface area contributed by atoms with Crippen molar-refractivity contribution in [2.24, 2.45) is 5.41 Å². The van der Waals surface area contributed by atoms with E-state index in [0.717, 1.165) is 39.5 Å². The van der Waals surface area contributed by atoms with Gasteiger partial charge in [-0.05, 0) is 63.2 Å². The topological polar surface area (TPSA) is 55.7 Å². The van der Waals surface area contributed by atoms with Gasteiger partial charge in [0.25, 0.3) is 0 Å². The molecule has 1 aromatic heterocycles. The number of hydrogen-bond donors (Lipinski definition) is 1. The Balaban J connectivity index is 2.45. The second kappa shape index (κ2) is 11.4. The Bertz CT molecular complexity index is 1320. The molecule has 3 aromatic rings. The fourth-order valence-electron chi connectivity index (χ4n) is 4.90. The molecular weight excluding hydrogens is 527 g/mol. The molecule has 5 heteroatoms. The van der Waals surface area contributed by atoms with Gasteiger partial charge in [-0.1, -0.05) is 116 Å². The van der Waals surface area contributed by atoms with Gasteiger partial charge in [0, 0.05) is 21.9 Å². The highest BCUT2D eigenvalue weighted by molar-refractivity contribution is 7.31. The average Bonchev–Trinajstić information content (AvgIpc) is 2.93. The molecule has 0 radical (unpaired) electrons. The first-order valence-electron chi connectivity index (χ1n) is 15.3. The molecule has 41 heavy (non-hydrogen) atoms. The van der Waals surface area contributed by atoms with Crippen LogP contribution in [0.3, 0.4) is 0 Å². The SMILES string of the molecule is CC(C)(C)c1cc(C(C)(C)C)c2op(OCCCC(O)C(C)(C)C)oc3c(C(C)(C)C)cc(C(C)(C)C)cc3c2c1. The van der Waals surface area contributed by atoms with Crippen LogP contribution in [0.1, 0.15) is 139 Å². The molecule has 1 unspecified atom stereocenters. The van der Waals surface area contributed by atoms with Crippen molar-refractivity contribution in [2.45, 2.75) is 144 Å². The minimum absolute atomic E-state index is 0.0357. The van der Waals surface area contributed by atoms with E-state index in [2.05, 4.69) is 128 Å². The Morgan fingerprint density at radius 2 is 1.02 bits per heavy atom. The number of hydrogen-bond acceptors (Lipinski definition) is 4. The number of aliphatic hydroxyl groups excluding tert-OH is 1. The molecule has 1 heterocycles. The highest BCUT2D eigenvalue weighted by Gasteiger charge is 2.29. The van der Waals surface area contributed by atoms with E-state index in [0.29, 0.717) is 13.0 Å². The lowest BCUT2D eigenvalue weighted by molar-refractivity contribution is 0.0516. The van der Waals surface area contributed by atoms with Crippen LogP contribution >= 0.6 is 8.24 Å². The summed E-state index contributed by atoms with van der Waals surface area (Å²) in [5.41, 5.74) is 6.06. The summed E-state index contributed by atoms with van der Waals surface area (Å²) in [7, 11) is -1.71. The highest BCUT2D eigenvalue weighted by Crippen LogP contribution is 2.45. The Morgan fingerprint density at radius 1 is 0.634 bits per heavy atom. The van der Waals surface area contributed by atoms with Crippen LogP contribution in [0, 0.1) is 5.41 Å². The number of fused-ring (bicyclic) bond motifs is 3. The van der Waals surface area contributed by atoms with Crippen LogP contribution in [-0.4, -0.2) is 17.8 Å². The Morgan fingerprint density at radius 3 is 1.34 bits per heavy atom. The Labute approximate surface area is 250 Å². The summed E-state index contributed by atoms with van der Waals surface area (Å²) in [5, 5.41) is 12.7. The smallest absolute Gasteiger partial charge is 0.387 e. The van der Waals surface area contributed by atoms with Crippen molar-refractivity contribution in [3.05, 3.63) is 46.5 Å². The van der Waals surface area contributed by atoms with Gasteiger partial charge >= 0.3 is 8.24 Å². The molecule has 1 N–H and O–H groups in total. The number of benzene rings is 2. The van der Waals surface area contributed by atoms with Crippen molar-refractivity contribution in [3.63, 3.8) is 0 Å². The second-order valence-corrected chi connectivity index (χ2v) is 18.1. The molecule has 0 amide bonds. The maximum atomic E-state index is 10.6. The maximum Gasteiger partial charge on any atom is 0.387 e. The van der Waals surface area contributed by atoms with Gasteiger partial charge in [-0.15, -0.1) is 0 Å². The Kier molecular flexibility index (Phi) is 9.39. The number of rotatable bonds is 5. The fourth-order valence-corrected chi connectivity index (χ4v) is 6.02. The van der Waals surface area contributed by atoms with Crippen LogP contribution in [0.2, 0.25) is 0 Å². The minimum Gasteiger partial charge on any atom is -0.399 e. The van der Waals surface area contributed by atoms with Crippen LogP contribution in [-0.2, 0) is 21.7 Å². The van der Waals surface area contributed by atoms with E-state index in [1.165, 1.54) is 11.1 Å². The summed E-state index contributed by atoms with van der Waals surface area (Å²) in [6.45, 7) is 33.7. The summed E-state index contributed by atoms with van der Waals surface area (Å²) in [6.07, 6.45) is 1.01. The molecule has 0 aliphatic heterocycles. The molecule has 2 aromatic carbocycles. The van der Waals surface area contributed by atoms with Gasteiger partial charge in [0.15, 0.2) is 0 Å². The van der Waals surface area contributed by atoms with Crippen molar-refractivity contribution in [3.8, 4) is 0 Å². The van der Waals surface area contributed by atoms with E-state index in [1.807, 2.05) is 0 Å². The number of aliphatic hydroxyl groups is 1. The molecule has 230 valence electrons. The van der Waals surface area contributed by atoms with Gasteiger partial charge < -0.3 is 13.5 Å². The van der Waals surface area contributed by atoms with Gasteiger partial charge in [-0.25, -0.2) is 0 Å². The third-order valence-corrected chi connectivity index (χ3v) is 9.02. The summed E-state index contributed by atoms with van der Waals surface area (Å²) >= 11 is 0. The second-order valence-electron chi connectivity index (χ2n) is 17.1. The lowest BCUT2D eigenvalue weighted by Crippen LogP contribution is -2.26. The third-order valence-electron chi connectivity index (χ3n) is 7.97. The zero-order valence-corrected chi connectivity index (χ0v) is 29.5. The Hall–Kier alpha value is -1.74. The van der Waals surface area contributed by atoms with Crippen LogP contribution in [0.25, 0.3) is 21.9 Å². The zero-order chi connectivity index (χ0) is 31.3. The molecule has 1 atom stereocenters. The lowest BCUT2D eigenvalue weighted by atomic mass is 9.77. The largest absolute Gasteiger partial charge is 0.399 e. The summed E-state index contributed by atoms with van der Waals surface area (Å²) < 4.78 is 20.0. The van der Waals surface area contributed by atoms with E-state index in [9.17, 15) is 5.11 Å². The lowest BCUT2D eigenvalue weighted by Gasteiger charge is -2.27. The first kappa shape index (κ1) is 33.8.